The van der Waals surface area contributed by atoms with Crippen LogP contribution in [0.5, 0.6) is 5.75 Å². The highest BCUT2D eigenvalue weighted by Gasteiger charge is 2.17. The zero-order valence-electron chi connectivity index (χ0n) is 19.6. The van der Waals surface area contributed by atoms with E-state index in [0.717, 1.165) is 47.8 Å². The molecule has 1 saturated heterocycles. The maximum atomic E-state index is 6.05. The highest BCUT2D eigenvalue weighted by Crippen LogP contribution is 2.31. The summed E-state index contributed by atoms with van der Waals surface area (Å²) < 4.78 is 8.04. The fraction of sp³-hybridized carbons (Fsp3) is 0.310. The van der Waals surface area contributed by atoms with Gasteiger partial charge in [-0.3, -0.25) is 0 Å². The summed E-state index contributed by atoms with van der Waals surface area (Å²) in [5.41, 5.74) is 5.26. The van der Waals surface area contributed by atoms with E-state index in [2.05, 4.69) is 75.9 Å². The van der Waals surface area contributed by atoms with E-state index < -0.39 is 0 Å². The van der Waals surface area contributed by atoms with Gasteiger partial charge in [0.15, 0.2) is 0 Å². The molecule has 5 heteroatoms. The van der Waals surface area contributed by atoms with Gasteiger partial charge in [-0.25, -0.2) is 4.68 Å². The van der Waals surface area contributed by atoms with Crippen LogP contribution in [-0.4, -0.2) is 46.1 Å². The van der Waals surface area contributed by atoms with Gasteiger partial charge in [0.25, 0.3) is 0 Å². The second kappa shape index (κ2) is 11.1. The number of ether oxygens (including phenoxy) is 1. The van der Waals surface area contributed by atoms with Gasteiger partial charge in [-0.1, -0.05) is 72.3 Å². The van der Waals surface area contributed by atoms with Crippen LogP contribution in [0.4, 0.5) is 0 Å². The molecule has 4 aromatic rings. The van der Waals surface area contributed by atoms with Gasteiger partial charge in [0.2, 0.25) is 0 Å². The Morgan fingerprint density at radius 2 is 1.44 bits per heavy atom. The molecular weight excluding hydrogens is 420 g/mol. The van der Waals surface area contributed by atoms with Crippen LogP contribution in [0.25, 0.3) is 22.5 Å². The highest BCUT2D eigenvalue weighted by molar-refractivity contribution is 5.78. The van der Waals surface area contributed by atoms with Gasteiger partial charge >= 0.3 is 0 Å². The molecule has 0 amide bonds. The summed E-state index contributed by atoms with van der Waals surface area (Å²) in [6, 6.07) is 29.0. The third-order valence-corrected chi connectivity index (χ3v) is 6.42. The normalized spacial score (nSPS) is 14.2. The lowest BCUT2D eigenvalue weighted by Crippen LogP contribution is -2.31. The van der Waals surface area contributed by atoms with E-state index in [1.165, 1.54) is 37.9 Å². The quantitative estimate of drug-likeness (QED) is 0.296. The molecule has 5 rings (SSSR count). The van der Waals surface area contributed by atoms with Gasteiger partial charge in [0, 0.05) is 17.7 Å². The highest BCUT2D eigenvalue weighted by atomic mass is 16.5. The number of piperidine rings is 1. The molecule has 0 atom stereocenters. The molecular formula is C29H32N4O. The van der Waals surface area contributed by atoms with Gasteiger partial charge in [0.05, 0.1) is 18.8 Å². The molecule has 0 unspecified atom stereocenters. The van der Waals surface area contributed by atoms with Crippen molar-refractivity contribution in [3.05, 3.63) is 90.5 Å². The van der Waals surface area contributed by atoms with Crippen molar-refractivity contribution in [3.8, 4) is 28.3 Å². The minimum Gasteiger partial charge on any atom is -0.494 e. The van der Waals surface area contributed by atoms with Crippen LogP contribution in [0.15, 0.2) is 84.9 Å². The zero-order valence-corrected chi connectivity index (χ0v) is 19.6. The fourth-order valence-corrected chi connectivity index (χ4v) is 4.63. The number of rotatable bonds is 9. The molecule has 2 heterocycles. The number of likely N-dealkylation sites (tertiary alicyclic amines) is 1. The minimum absolute atomic E-state index is 0.671. The Labute approximate surface area is 202 Å². The second-order valence-corrected chi connectivity index (χ2v) is 8.92. The standard InChI is InChI=1S/C29H32N4O/c1-4-11-24(12-5-1)23-33-29(28(30-31-33)25-13-6-2-7-14-25)26-15-17-27(18-16-26)34-22-10-21-32-19-8-3-9-20-32/h1-2,4-7,11-18H,3,8-10,19-23H2. The lowest BCUT2D eigenvalue weighted by atomic mass is 10.0. The Morgan fingerprint density at radius 3 is 2.18 bits per heavy atom. The lowest BCUT2D eigenvalue weighted by molar-refractivity contribution is 0.205. The summed E-state index contributed by atoms with van der Waals surface area (Å²) in [7, 11) is 0. The Morgan fingerprint density at radius 1 is 0.735 bits per heavy atom. The van der Waals surface area contributed by atoms with Gasteiger partial charge in [-0.2, -0.15) is 0 Å². The Bertz CT molecular complexity index is 1150. The molecule has 174 valence electrons. The number of hydrogen-bond donors (Lipinski definition) is 0. The maximum Gasteiger partial charge on any atom is 0.121 e. The molecule has 0 N–H and O–H groups in total. The molecule has 1 fully saturated rings. The molecule has 1 aliphatic rings. The molecule has 1 aromatic heterocycles. The zero-order chi connectivity index (χ0) is 23.0. The van der Waals surface area contributed by atoms with E-state index in [0.29, 0.717) is 6.54 Å². The van der Waals surface area contributed by atoms with Crippen molar-refractivity contribution < 1.29 is 4.74 Å². The molecule has 5 nitrogen and oxygen atoms in total. The summed E-state index contributed by atoms with van der Waals surface area (Å²) in [5.74, 6) is 0.908. The fourth-order valence-electron chi connectivity index (χ4n) is 4.63. The largest absolute Gasteiger partial charge is 0.494 e. The minimum atomic E-state index is 0.671. The molecule has 0 aliphatic carbocycles. The van der Waals surface area contributed by atoms with Gasteiger partial charge in [-0.15, -0.1) is 5.10 Å². The Balaban J connectivity index is 1.31. The summed E-state index contributed by atoms with van der Waals surface area (Å²) in [6.45, 7) is 5.03. The van der Waals surface area contributed by atoms with E-state index in [9.17, 15) is 0 Å². The van der Waals surface area contributed by atoms with Crippen LogP contribution >= 0.6 is 0 Å². The summed E-state index contributed by atoms with van der Waals surface area (Å²) in [5, 5.41) is 9.09. The van der Waals surface area contributed by atoms with E-state index >= 15 is 0 Å². The van der Waals surface area contributed by atoms with E-state index in [1.807, 2.05) is 28.9 Å². The van der Waals surface area contributed by atoms with Crippen LogP contribution in [0.1, 0.15) is 31.2 Å². The predicted octanol–water partition coefficient (Wildman–Crippen LogP) is 5.92. The van der Waals surface area contributed by atoms with E-state index in [4.69, 9.17) is 4.74 Å². The first-order valence-electron chi connectivity index (χ1n) is 12.4. The van der Waals surface area contributed by atoms with Gasteiger partial charge < -0.3 is 9.64 Å². The molecule has 34 heavy (non-hydrogen) atoms. The van der Waals surface area contributed by atoms with Crippen molar-refractivity contribution in [1.29, 1.82) is 0 Å². The molecule has 0 spiro atoms. The van der Waals surface area contributed by atoms with E-state index in [1.54, 1.807) is 0 Å². The summed E-state index contributed by atoms with van der Waals surface area (Å²) >= 11 is 0. The summed E-state index contributed by atoms with van der Waals surface area (Å²) in [4.78, 5) is 2.56. The molecule has 0 bridgehead atoms. The van der Waals surface area contributed by atoms with Gasteiger partial charge in [0.1, 0.15) is 11.4 Å². The van der Waals surface area contributed by atoms with Crippen molar-refractivity contribution in [1.82, 2.24) is 19.9 Å². The van der Waals surface area contributed by atoms with Crippen LogP contribution in [0, 0.1) is 0 Å². The second-order valence-electron chi connectivity index (χ2n) is 8.92. The number of benzene rings is 3. The van der Waals surface area contributed by atoms with Crippen LogP contribution in [0.3, 0.4) is 0 Å². The molecule has 0 saturated carbocycles. The monoisotopic (exact) mass is 452 g/mol. The average Bonchev–Trinajstić information content (AvgIpc) is 3.32. The Hall–Kier alpha value is -3.44. The van der Waals surface area contributed by atoms with Crippen molar-refractivity contribution in [3.63, 3.8) is 0 Å². The van der Waals surface area contributed by atoms with Gasteiger partial charge in [-0.05, 0) is 62.2 Å². The molecule has 0 radical (unpaired) electrons. The number of aromatic nitrogens is 3. The van der Waals surface area contributed by atoms with Crippen molar-refractivity contribution in [2.24, 2.45) is 0 Å². The first-order chi connectivity index (χ1) is 16.9. The first-order valence-corrected chi connectivity index (χ1v) is 12.4. The predicted molar refractivity (Wildman–Crippen MR) is 137 cm³/mol. The summed E-state index contributed by atoms with van der Waals surface area (Å²) in [6.07, 6.45) is 5.12. The molecule has 3 aromatic carbocycles. The van der Waals surface area contributed by atoms with Crippen molar-refractivity contribution >= 4 is 0 Å². The lowest BCUT2D eigenvalue weighted by Gasteiger charge is -2.26. The SMILES string of the molecule is c1ccc(Cn2nnc(-c3ccccc3)c2-c2ccc(OCCCN3CCCCC3)cc2)cc1. The number of nitrogens with zero attached hydrogens (tertiary/aromatic N) is 4. The maximum absolute atomic E-state index is 6.05. The molecule has 1 aliphatic heterocycles. The average molecular weight is 453 g/mol. The van der Waals surface area contributed by atoms with Crippen LogP contribution in [-0.2, 0) is 6.54 Å². The smallest absolute Gasteiger partial charge is 0.121 e. The van der Waals surface area contributed by atoms with Crippen molar-refractivity contribution in [2.75, 3.05) is 26.2 Å². The van der Waals surface area contributed by atoms with Crippen LogP contribution in [0.2, 0.25) is 0 Å². The third kappa shape index (κ3) is 5.54. The topological polar surface area (TPSA) is 43.2 Å². The first kappa shape index (κ1) is 22.4. The third-order valence-electron chi connectivity index (χ3n) is 6.42. The van der Waals surface area contributed by atoms with E-state index in [-0.39, 0.29) is 0 Å². The number of hydrogen-bond acceptors (Lipinski definition) is 4. The Kier molecular flexibility index (Phi) is 7.31. The van der Waals surface area contributed by atoms with Crippen LogP contribution < -0.4 is 4.74 Å². The van der Waals surface area contributed by atoms with Crippen molar-refractivity contribution in [2.45, 2.75) is 32.2 Å².